The van der Waals surface area contributed by atoms with Crippen molar-refractivity contribution in [3.05, 3.63) is 46.7 Å². The Bertz CT molecular complexity index is 676. The van der Waals surface area contributed by atoms with E-state index in [2.05, 4.69) is 0 Å². The number of ether oxygens (including phenoxy) is 1. The molecule has 0 unspecified atom stereocenters. The van der Waals surface area contributed by atoms with Gasteiger partial charge in [-0.05, 0) is 42.6 Å². The first-order valence-corrected chi connectivity index (χ1v) is 8.28. The molecule has 0 bridgehead atoms. The van der Waals surface area contributed by atoms with Crippen molar-refractivity contribution in [1.29, 1.82) is 0 Å². The molecule has 2 rings (SSSR count). The molecule has 0 aliphatic rings. The first-order valence-electron chi connectivity index (χ1n) is 5.85. The Labute approximate surface area is 121 Å². The first kappa shape index (κ1) is 14.5. The number of amides is 1. The molecule has 0 saturated carbocycles. The topological polar surface area (TPSA) is 72.5 Å². The number of carbonyl (C=O) groups excluding carboxylic acids is 1. The Morgan fingerprint density at radius 3 is 2.50 bits per heavy atom. The predicted molar refractivity (Wildman–Crippen MR) is 76.6 cm³/mol. The summed E-state index contributed by atoms with van der Waals surface area (Å²) >= 11 is 1.32. The fraction of sp³-hybridized carbons (Fsp3) is 0.154. The highest BCUT2D eigenvalue weighted by Crippen LogP contribution is 2.16. The van der Waals surface area contributed by atoms with Gasteiger partial charge in [-0.3, -0.25) is 4.79 Å². The summed E-state index contributed by atoms with van der Waals surface area (Å²) in [6.45, 7) is 2.34. The van der Waals surface area contributed by atoms with Crippen LogP contribution in [0.5, 0.6) is 5.75 Å². The lowest BCUT2D eigenvalue weighted by Gasteiger charge is -2.07. The summed E-state index contributed by atoms with van der Waals surface area (Å²) in [4.78, 5) is 11.8. The molecule has 0 aliphatic carbocycles. The third-order valence-electron chi connectivity index (χ3n) is 2.46. The Morgan fingerprint density at radius 2 is 1.95 bits per heavy atom. The molecule has 20 heavy (non-hydrogen) atoms. The lowest BCUT2D eigenvalue weighted by Crippen LogP contribution is -2.30. The van der Waals surface area contributed by atoms with E-state index >= 15 is 0 Å². The number of hydrogen-bond donors (Lipinski definition) is 1. The maximum Gasteiger partial charge on any atom is 0.265 e. The van der Waals surface area contributed by atoms with E-state index in [1.54, 1.807) is 29.0 Å². The summed E-state index contributed by atoms with van der Waals surface area (Å²) in [5.74, 6) is -0.0595. The standard InChI is InChI=1S/C13H13NO4S2/c1-2-18-11-3-5-12(6-4-11)20(16,17)14-13(15)10-7-8-19-9-10/h3-9H,2H2,1H3,(H,14,15). The minimum atomic E-state index is -3.87. The second-order valence-corrected chi connectivity index (χ2v) is 6.31. The van der Waals surface area contributed by atoms with E-state index in [0.29, 0.717) is 17.9 Å². The zero-order chi connectivity index (χ0) is 14.6. The molecule has 7 heteroatoms. The van der Waals surface area contributed by atoms with Crippen molar-refractivity contribution in [2.45, 2.75) is 11.8 Å². The van der Waals surface area contributed by atoms with E-state index in [4.69, 9.17) is 4.74 Å². The Hall–Kier alpha value is -1.86. The third-order valence-corrected chi connectivity index (χ3v) is 4.49. The smallest absolute Gasteiger partial charge is 0.265 e. The van der Waals surface area contributed by atoms with Crippen molar-refractivity contribution in [1.82, 2.24) is 4.72 Å². The molecule has 1 aromatic heterocycles. The van der Waals surface area contributed by atoms with Crippen LogP contribution >= 0.6 is 11.3 Å². The van der Waals surface area contributed by atoms with Crippen LogP contribution in [0, 0.1) is 0 Å². The minimum absolute atomic E-state index is 0.0181. The second kappa shape index (κ2) is 6.06. The normalized spacial score (nSPS) is 11.1. The van der Waals surface area contributed by atoms with Gasteiger partial charge in [-0.15, -0.1) is 0 Å². The molecule has 0 atom stereocenters. The van der Waals surface area contributed by atoms with Crippen molar-refractivity contribution in [2.24, 2.45) is 0 Å². The average molecular weight is 311 g/mol. The van der Waals surface area contributed by atoms with Gasteiger partial charge < -0.3 is 4.74 Å². The molecule has 2 aromatic rings. The average Bonchev–Trinajstić information content (AvgIpc) is 2.93. The van der Waals surface area contributed by atoms with Crippen LogP contribution in [0.1, 0.15) is 17.3 Å². The molecular formula is C13H13NO4S2. The van der Waals surface area contributed by atoms with Crippen LogP contribution in [0.4, 0.5) is 0 Å². The zero-order valence-electron chi connectivity index (χ0n) is 10.7. The van der Waals surface area contributed by atoms with Crippen LogP contribution in [0.15, 0.2) is 46.0 Å². The Balaban J connectivity index is 2.16. The molecule has 0 spiro atoms. The second-order valence-electron chi connectivity index (χ2n) is 3.85. The summed E-state index contributed by atoms with van der Waals surface area (Å²) < 4.78 is 31.3. The van der Waals surface area contributed by atoms with Gasteiger partial charge in [0.15, 0.2) is 0 Å². The molecule has 106 valence electrons. The maximum atomic E-state index is 12.0. The summed E-state index contributed by atoms with van der Waals surface area (Å²) in [5.41, 5.74) is 0.324. The molecule has 0 radical (unpaired) electrons. The number of sulfonamides is 1. The van der Waals surface area contributed by atoms with E-state index in [-0.39, 0.29) is 4.90 Å². The van der Waals surface area contributed by atoms with Crippen LogP contribution in [0.25, 0.3) is 0 Å². The maximum absolute atomic E-state index is 12.0. The van der Waals surface area contributed by atoms with Gasteiger partial charge in [0.25, 0.3) is 15.9 Å². The lowest BCUT2D eigenvalue weighted by molar-refractivity contribution is 0.0982. The van der Waals surface area contributed by atoms with Crippen molar-refractivity contribution in [3.63, 3.8) is 0 Å². The van der Waals surface area contributed by atoms with Crippen molar-refractivity contribution in [2.75, 3.05) is 6.61 Å². The largest absolute Gasteiger partial charge is 0.494 e. The number of benzene rings is 1. The number of carbonyl (C=O) groups is 1. The quantitative estimate of drug-likeness (QED) is 0.919. The molecule has 1 heterocycles. The molecule has 0 aliphatic heterocycles. The van der Waals surface area contributed by atoms with Crippen LogP contribution in [0.2, 0.25) is 0 Å². The van der Waals surface area contributed by atoms with E-state index in [9.17, 15) is 13.2 Å². The Morgan fingerprint density at radius 1 is 1.25 bits per heavy atom. The van der Waals surface area contributed by atoms with Gasteiger partial charge in [-0.2, -0.15) is 11.3 Å². The molecule has 1 aromatic carbocycles. The van der Waals surface area contributed by atoms with E-state index < -0.39 is 15.9 Å². The van der Waals surface area contributed by atoms with Gasteiger partial charge in [0.1, 0.15) is 5.75 Å². The molecule has 1 N–H and O–H groups in total. The SMILES string of the molecule is CCOc1ccc(S(=O)(=O)NC(=O)c2ccsc2)cc1. The van der Waals surface area contributed by atoms with Gasteiger partial charge in [0.2, 0.25) is 0 Å². The number of thiophene rings is 1. The van der Waals surface area contributed by atoms with Crippen LogP contribution in [0.3, 0.4) is 0 Å². The lowest BCUT2D eigenvalue weighted by atomic mass is 10.3. The predicted octanol–water partition coefficient (Wildman–Crippen LogP) is 2.27. The van der Waals surface area contributed by atoms with Gasteiger partial charge >= 0.3 is 0 Å². The third kappa shape index (κ3) is 3.37. The zero-order valence-corrected chi connectivity index (χ0v) is 12.3. The molecular weight excluding hydrogens is 298 g/mol. The van der Waals surface area contributed by atoms with Crippen LogP contribution in [-0.2, 0) is 10.0 Å². The fourth-order valence-corrected chi connectivity index (χ4v) is 3.13. The number of rotatable bonds is 5. The highest BCUT2D eigenvalue weighted by molar-refractivity contribution is 7.90. The van der Waals surface area contributed by atoms with Crippen molar-refractivity contribution >= 4 is 27.3 Å². The highest BCUT2D eigenvalue weighted by Gasteiger charge is 2.18. The van der Waals surface area contributed by atoms with Gasteiger partial charge in [0.05, 0.1) is 17.1 Å². The summed E-state index contributed by atoms with van der Waals surface area (Å²) in [6, 6.07) is 7.45. The van der Waals surface area contributed by atoms with Gasteiger partial charge in [-0.25, -0.2) is 13.1 Å². The Kier molecular flexibility index (Phi) is 4.41. The molecule has 1 amide bonds. The number of nitrogens with one attached hydrogen (secondary N) is 1. The van der Waals surface area contributed by atoms with E-state index in [1.807, 2.05) is 11.6 Å². The van der Waals surface area contributed by atoms with Crippen LogP contribution in [-0.4, -0.2) is 20.9 Å². The van der Waals surface area contributed by atoms with Gasteiger partial charge in [0, 0.05) is 5.38 Å². The summed E-state index contributed by atoms with van der Waals surface area (Å²) in [7, 11) is -3.87. The summed E-state index contributed by atoms with van der Waals surface area (Å²) in [5, 5.41) is 3.29. The molecule has 0 fully saturated rings. The van der Waals surface area contributed by atoms with Crippen LogP contribution < -0.4 is 9.46 Å². The summed E-state index contributed by atoms with van der Waals surface area (Å²) in [6.07, 6.45) is 0. The van der Waals surface area contributed by atoms with Crippen molar-refractivity contribution in [3.8, 4) is 5.75 Å². The highest BCUT2D eigenvalue weighted by atomic mass is 32.2. The fourth-order valence-electron chi connectivity index (χ4n) is 1.52. The van der Waals surface area contributed by atoms with Gasteiger partial charge in [-0.1, -0.05) is 0 Å². The van der Waals surface area contributed by atoms with E-state index in [1.165, 1.54) is 23.5 Å². The molecule has 0 saturated heterocycles. The first-order chi connectivity index (χ1) is 9.53. The van der Waals surface area contributed by atoms with Crippen molar-refractivity contribution < 1.29 is 17.9 Å². The molecule has 5 nitrogen and oxygen atoms in total. The number of hydrogen-bond acceptors (Lipinski definition) is 5. The van der Waals surface area contributed by atoms with E-state index in [0.717, 1.165) is 0 Å². The monoisotopic (exact) mass is 311 g/mol. The minimum Gasteiger partial charge on any atom is -0.494 e.